The van der Waals surface area contributed by atoms with Crippen molar-refractivity contribution in [2.45, 2.75) is 6.54 Å². The largest absolute Gasteiger partial charge is 0.381 e. The monoisotopic (exact) mass is 303 g/mol. The van der Waals surface area contributed by atoms with E-state index in [4.69, 9.17) is 34.8 Å². The lowest BCUT2D eigenvalue weighted by atomic mass is 10.2. The van der Waals surface area contributed by atoms with E-state index < -0.39 is 0 Å². The quantitative estimate of drug-likeness (QED) is 0.800. The summed E-state index contributed by atoms with van der Waals surface area (Å²) in [7, 11) is 0. The van der Waals surface area contributed by atoms with Gasteiger partial charge in [0.2, 0.25) is 0 Å². The molecule has 0 aliphatic rings. The smallest absolute Gasteiger partial charge is 0.124 e. The molecule has 0 unspecified atom stereocenters. The number of nitrogens with one attached hydrogen (secondary N) is 1. The van der Waals surface area contributed by atoms with Crippen LogP contribution in [-0.2, 0) is 6.54 Å². The molecule has 94 valence electrons. The summed E-state index contributed by atoms with van der Waals surface area (Å²) in [6.07, 6.45) is 0. The first-order chi connectivity index (χ1) is 8.56. The van der Waals surface area contributed by atoms with Gasteiger partial charge in [-0.3, -0.25) is 0 Å². The van der Waals surface area contributed by atoms with Crippen molar-refractivity contribution in [1.29, 1.82) is 0 Å². The molecule has 5 heteroatoms. The Balaban J connectivity index is 2.09. The van der Waals surface area contributed by atoms with Crippen molar-refractivity contribution < 1.29 is 4.39 Å². The fourth-order valence-electron chi connectivity index (χ4n) is 1.47. The number of halogens is 4. The molecule has 1 nitrogen and oxygen atoms in total. The Hall–Kier alpha value is -0.960. The van der Waals surface area contributed by atoms with Gasteiger partial charge in [0.05, 0.1) is 10.0 Å². The summed E-state index contributed by atoms with van der Waals surface area (Å²) in [4.78, 5) is 0. The number of benzene rings is 2. The van der Waals surface area contributed by atoms with Crippen molar-refractivity contribution in [3.63, 3.8) is 0 Å². The summed E-state index contributed by atoms with van der Waals surface area (Å²) in [5, 5.41) is 4.51. The SMILES string of the molecule is Fc1ccc(CNc2ccc(Cl)c(Cl)c2)c(Cl)c1. The van der Waals surface area contributed by atoms with Crippen LogP contribution in [-0.4, -0.2) is 0 Å². The molecular weight excluding hydrogens is 296 g/mol. The maximum Gasteiger partial charge on any atom is 0.124 e. The molecule has 2 aromatic carbocycles. The lowest BCUT2D eigenvalue weighted by molar-refractivity contribution is 0.627. The Morgan fingerprint density at radius 2 is 1.67 bits per heavy atom. The third-order valence-electron chi connectivity index (χ3n) is 2.42. The van der Waals surface area contributed by atoms with E-state index in [9.17, 15) is 4.39 Å². The molecular formula is C13H9Cl3FN. The summed E-state index contributed by atoms with van der Waals surface area (Å²) in [6, 6.07) is 9.54. The van der Waals surface area contributed by atoms with Gasteiger partial charge in [-0.1, -0.05) is 40.9 Å². The number of rotatable bonds is 3. The van der Waals surface area contributed by atoms with E-state index in [2.05, 4.69) is 5.32 Å². The van der Waals surface area contributed by atoms with E-state index in [0.717, 1.165) is 11.3 Å². The first-order valence-corrected chi connectivity index (χ1v) is 6.32. The normalized spacial score (nSPS) is 10.4. The number of hydrogen-bond acceptors (Lipinski definition) is 1. The minimum atomic E-state index is -0.349. The van der Waals surface area contributed by atoms with Gasteiger partial charge in [-0.2, -0.15) is 0 Å². The fraction of sp³-hybridized carbons (Fsp3) is 0.0769. The van der Waals surface area contributed by atoms with Crippen LogP contribution >= 0.6 is 34.8 Å². The van der Waals surface area contributed by atoms with Crippen LogP contribution in [0.4, 0.5) is 10.1 Å². The molecule has 0 saturated carbocycles. The molecule has 0 atom stereocenters. The minimum absolute atomic E-state index is 0.349. The highest BCUT2D eigenvalue weighted by Crippen LogP contribution is 2.26. The molecule has 0 saturated heterocycles. The molecule has 1 N–H and O–H groups in total. The van der Waals surface area contributed by atoms with E-state index in [-0.39, 0.29) is 5.82 Å². The maximum atomic E-state index is 12.9. The Kier molecular flexibility index (Phi) is 4.33. The van der Waals surface area contributed by atoms with Gasteiger partial charge >= 0.3 is 0 Å². The topological polar surface area (TPSA) is 12.0 Å². The van der Waals surface area contributed by atoms with Crippen LogP contribution < -0.4 is 5.32 Å². The second-order valence-electron chi connectivity index (χ2n) is 3.72. The highest BCUT2D eigenvalue weighted by Gasteiger charge is 2.03. The van der Waals surface area contributed by atoms with Gasteiger partial charge in [-0.05, 0) is 35.9 Å². The van der Waals surface area contributed by atoms with Gasteiger partial charge in [-0.25, -0.2) is 4.39 Å². The van der Waals surface area contributed by atoms with Crippen molar-refractivity contribution >= 4 is 40.5 Å². The predicted octanol–water partition coefficient (Wildman–Crippen LogP) is 5.40. The Morgan fingerprint density at radius 1 is 0.889 bits per heavy atom. The maximum absolute atomic E-state index is 12.9. The van der Waals surface area contributed by atoms with Crippen molar-refractivity contribution in [1.82, 2.24) is 0 Å². The number of anilines is 1. The van der Waals surface area contributed by atoms with Gasteiger partial charge in [0.15, 0.2) is 0 Å². The average molecular weight is 305 g/mol. The van der Waals surface area contributed by atoms with Crippen LogP contribution in [0.15, 0.2) is 36.4 Å². The van der Waals surface area contributed by atoms with E-state index in [1.54, 1.807) is 18.2 Å². The lowest BCUT2D eigenvalue weighted by Crippen LogP contribution is -2.00. The summed E-state index contributed by atoms with van der Waals surface area (Å²) >= 11 is 17.6. The van der Waals surface area contributed by atoms with Gasteiger partial charge < -0.3 is 5.32 Å². The molecule has 2 rings (SSSR count). The van der Waals surface area contributed by atoms with Gasteiger partial charge in [0.25, 0.3) is 0 Å². The molecule has 0 heterocycles. The Morgan fingerprint density at radius 3 is 2.33 bits per heavy atom. The van der Waals surface area contributed by atoms with Crippen LogP contribution in [0.5, 0.6) is 0 Å². The van der Waals surface area contributed by atoms with Crippen LogP contribution in [0.2, 0.25) is 15.1 Å². The van der Waals surface area contributed by atoms with Crippen molar-refractivity contribution in [2.75, 3.05) is 5.32 Å². The third kappa shape index (κ3) is 3.29. The molecule has 18 heavy (non-hydrogen) atoms. The van der Waals surface area contributed by atoms with Crippen LogP contribution in [0.3, 0.4) is 0 Å². The molecule has 0 fully saturated rings. The zero-order valence-corrected chi connectivity index (χ0v) is 11.5. The Labute approximate surface area is 119 Å². The molecule has 0 spiro atoms. The standard InChI is InChI=1S/C13H9Cl3FN/c14-11-4-3-10(6-13(11)16)18-7-8-1-2-9(17)5-12(8)15/h1-6,18H,7H2. The van der Waals surface area contributed by atoms with Gasteiger partial charge in [0, 0.05) is 17.3 Å². The van der Waals surface area contributed by atoms with Crippen LogP contribution in [0, 0.1) is 5.82 Å². The summed E-state index contributed by atoms with van der Waals surface area (Å²) in [6.45, 7) is 0.483. The first kappa shape index (κ1) is 13.5. The van der Waals surface area contributed by atoms with Crippen molar-refractivity contribution in [3.05, 3.63) is 62.8 Å². The van der Waals surface area contributed by atoms with E-state index in [1.807, 2.05) is 6.07 Å². The van der Waals surface area contributed by atoms with E-state index in [0.29, 0.717) is 21.6 Å². The molecule has 0 aliphatic carbocycles. The van der Waals surface area contributed by atoms with Crippen molar-refractivity contribution in [3.8, 4) is 0 Å². The van der Waals surface area contributed by atoms with Gasteiger partial charge in [-0.15, -0.1) is 0 Å². The first-order valence-electron chi connectivity index (χ1n) is 5.19. The third-order valence-corrected chi connectivity index (χ3v) is 3.51. The average Bonchev–Trinajstić information content (AvgIpc) is 2.32. The highest BCUT2D eigenvalue weighted by molar-refractivity contribution is 6.42. The molecule has 0 aliphatic heterocycles. The van der Waals surface area contributed by atoms with Crippen LogP contribution in [0.25, 0.3) is 0 Å². The second kappa shape index (κ2) is 5.79. The van der Waals surface area contributed by atoms with Crippen molar-refractivity contribution in [2.24, 2.45) is 0 Å². The highest BCUT2D eigenvalue weighted by atomic mass is 35.5. The van der Waals surface area contributed by atoms with Gasteiger partial charge in [0.1, 0.15) is 5.82 Å². The molecule has 0 bridgehead atoms. The molecule has 0 amide bonds. The summed E-state index contributed by atoms with van der Waals surface area (Å²) in [5.74, 6) is -0.349. The molecule has 0 aromatic heterocycles. The van der Waals surface area contributed by atoms with E-state index in [1.165, 1.54) is 12.1 Å². The molecule has 0 radical (unpaired) electrons. The van der Waals surface area contributed by atoms with Crippen LogP contribution in [0.1, 0.15) is 5.56 Å². The minimum Gasteiger partial charge on any atom is -0.381 e. The summed E-state index contributed by atoms with van der Waals surface area (Å²) in [5.41, 5.74) is 1.63. The lowest BCUT2D eigenvalue weighted by Gasteiger charge is -2.09. The fourth-order valence-corrected chi connectivity index (χ4v) is 2.00. The zero-order chi connectivity index (χ0) is 13.1. The molecule has 2 aromatic rings. The predicted molar refractivity (Wildman–Crippen MR) is 75.2 cm³/mol. The zero-order valence-electron chi connectivity index (χ0n) is 9.18. The second-order valence-corrected chi connectivity index (χ2v) is 4.94. The number of hydrogen-bond donors (Lipinski definition) is 1. The summed E-state index contributed by atoms with van der Waals surface area (Å²) < 4.78 is 12.9. The Bertz CT molecular complexity index is 572. The van der Waals surface area contributed by atoms with E-state index >= 15 is 0 Å².